The molecule has 0 aliphatic carbocycles. The van der Waals surface area contributed by atoms with Gasteiger partial charge < -0.3 is 25.7 Å². The fourth-order valence-electron chi connectivity index (χ4n) is 4.18. The highest BCUT2D eigenvalue weighted by atomic mass is 16.5. The van der Waals surface area contributed by atoms with E-state index in [1.54, 1.807) is 0 Å². The van der Waals surface area contributed by atoms with Crippen LogP contribution in [0.5, 0.6) is 5.75 Å². The molecule has 166 valence electrons. The molecule has 0 radical (unpaired) electrons. The summed E-state index contributed by atoms with van der Waals surface area (Å²) in [5, 5.41) is 11.6. The molecule has 5 rings (SSSR count). The van der Waals surface area contributed by atoms with Crippen LogP contribution >= 0.6 is 0 Å². The maximum Gasteiger partial charge on any atom is 0.202 e. The second-order valence-corrected chi connectivity index (χ2v) is 8.36. The van der Waals surface area contributed by atoms with Gasteiger partial charge in [-0.15, -0.1) is 0 Å². The van der Waals surface area contributed by atoms with Crippen LogP contribution in [0.4, 0.5) is 11.4 Å². The lowest BCUT2D eigenvalue weighted by atomic mass is 10.1. The second kappa shape index (κ2) is 9.36. The third-order valence-electron chi connectivity index (χ3n) is 6.02. The number of hydrogen-bond acceptors (Lipinski definition) is 6. The third kappa shape index (κ3) is 4.73. The molecule has 3 heterocycles. The first kappa shape index (κ1) is 20.5. The average Bonchev–Trinajstić information content (AvgIpc) is 3.50. The van der Waals surface area contributed by atoms with Crippen molar-refractivity contribution in [3.8, 4) is 5.75 Å². The highest BCUT2D eigenvalue weighted by Crippen LogP contribution is 2.24. The van der Waals surface area contributed by atoms with Crippen LogP contribution in [0.1, 0.15) is 19.8 Å². The molecule has 1 fully saturated rings. The number of ether oxygens (including phenoxy) is 1. The van der Waals surface area contributed by atoms with Crippen LogP contribution < -0.4 is 20.7 Å². The summed E-state index contributed by atoms with van der Waals surface area (Å²) < 4.78 is 5.90. The summed E-state index contributed by atoms with van der Waals surface area (Å²) in [6.07, 6.45) is 6.42. The van der Waals surface area contributed by atoms with E-state index in [4.69, 9.17) is 4.74 Å². The van der Waals surface area contributed by atoms with Gasteiger partial charge in [-0.2, -0.15) is 0 Å². The minimum absolute atomic E-state index is 0.0521. The standard InChI is InChI=1S/C25H30N6O/c1-18-17-27-25(30-24(18)29-23-6-4-5-22-21(23)11-12-26-22)28-19-7-9-20(10-8-19)32-16-15-31-13-2-3-14-31/h4-12,17,24,26,29H,2-3,13-16H2,1H3,(H2,27,28,30). The van der Waals surface area contributed by atoms with Crippen LogP contribution in [0, 0.1) is 0 Å². The van der Waals surface area contributed by atoms with Gasteiger partial charge in [-0.3, -0.25) is 4.90 Å². The van der Waals surface area contributed by atoms with Crippen LogP contribution in [-0.4, -0.2) is 48.3 Å². The minimum Gasteiger partial charge on any atom is -0.492 e. The Balaban J connectivity index is 1.17. The van der Waals surface area contributed by atoms with Gasteiger partial charge in [0.1, 0.15) is 18.5 Å². The van der Waals surface area contributed by atoms with E-state index in [1.807, 2.05) is 42.7 Å². The van der Waals surface area contributed by atoms with Gasteiger partial charge in [0.25, 0.3) is 0 Å². The predicted molar refractivity (Wildman–Crippen MR) is 131 cm³/mol. The van der Waals surface area contributed by atoms with E-state index >= 15 is 0 Å². The lowest BCUT2D eigenvalue weighted by Crippen LogP contribution is -2.46. The lowest BCUT2D eigenvalue weighted by Gasteiger charge is -2.27. The van der Waals surface area contributed by atoms with E-state index in [9.17, 15) is 0 Å². The first-order chi connectivity index (χ1) is 15.7. The van der Waals surface area contributed by atoms with Crippen molar-refractivity contribution in [3.05, 3.63) is 66.5 Å². The Bertz CT molecular complexity index is 1110. The zero-order chi connectivity index (χ0) is 21.8. The fourth-order valence-corrected chi connectivity index (χ4v) is 4.18. The summed E-state index contributed by atoms with van der Waals surface area (Å²) in [6.45, 7) is 6.19. The predicted octanol–water partition coefficient (Wildman–Crippen LogP) is 4.36. The normalized spacial score (nSPS) is 18.7. The summed E-state index contributed by atoms with van der Waals surface area (Å²) in [5.74, 6) is 1.60. The third-order valence-corrected chi connectivity index (χ3v) is 6.02. The number of likely N-dealkylation sites (tertiary alicyclic amines) is 1. The van der Waals surface area contributed by atoms with Crippen LogP contribution in [0.3, 0.4) is 0 Å². The highest BCUT2D eigenvalue weighted by Gasteiger charge is 2.18. The Morgan fingerprint density at radius 3 is 2.78 bits per heavy atom. The van der Waals surface area contributed by atoms with Gasteiger partial charge in [-0.25, -0.2) is 4.99 Å². The Labute approximate surface area is 188 Å². The first-order valence-electron chi connectivity index (χ1n) is 11.3. The van der Waals surface area contributed by atoms with Crippen molar-refractivity contribution in [2.45, 2.75) is 25.9 Å². The number of aromatic amines is 1. The number of aliphatic imine (C=N–C) groups is 1. The van der Waals surface area contributed by atoms with Crippen LogP contribution in [-0.2, 0) is 0 Å². The molecule has 0 bridgehead atoms. The Morgan fingerprint density at radius 1 is 1.09 bits per heavy atom. The molecule has 7 nitrogen and oxygen atoms in total. The molecular weight excluding hydrogens is 400 g/mol. The van der Waals surface area contributed by atoms with Gasteiger partial charge in [0.15, 0.2) is 0 Å². The number of nitrogens with zero attached hydrogens (tertiary/aromatic N) is 2. The molecule has 1 aromatic heterocycles. The molecule has 2 aliphatic rings. The quantitative estimate of drug-likeness (QED) is 0.448. The number of H-pyrrole nitrogens is 1. The largest absolute Gasteiger partial charge is 0.492 e. The highest BCUT2D eigenvalue weighted by molar-refractivity contribution is 5.96. The molecular formula is C25H30N6O. The van der Waals surface area contributed by atoms with Crippen molar-refractivity contribution in [2.75, 3.05) is 36.9 Å². The van der Waals surface area contributed by atoms with E-state index in [1.165, 1.54) is 31.3 Å². The van der Waals surface area contributed by atoms with E-state index in [-0.39, 0.29) is 6.17 Å². The number of benzene rings is 2. The Hall–Kier alpha value is -3.45. The summed E-state index contributed by atoms with van der Waals surface area (Å²) in [4.78, 5) is 10.2. The van der Waals surface area contributed by atoms with Gasteiger partial charge in [-0.05, 0) is 80.9 Å². The Morgan fingerprint density at radius 2 is 1.94 bits per heavy atom. The Kier molecular flexibility index (Phi) is 5.98. The van der Waals surface area contributed by atoms with Crippen molar-refractivity contribution in [3.63, 3.8) is 0 Å². The summed E-state index contributed by atoms with van der Waals surface area (Å²) >= 11 is 0. The zero-order valence-corrected chi connectivity index (χ0v) is 18.4. The van der Waals surface area contributed by atoms with E-state index in [0.717, 1.165) is 41.4 Å². The molecule has 4 N–H and O–H groups in total. The number of nitrogens with one attached hydrogen (secondary N) is 4. The number of guanidine groups is 1. The van der Waals surface area contributed by atoms with Gasteiger partial charge in [0.05, 0.1) is 0 Å². The van der Waals surface area contributed by atoms with Crippen molar-refractivity contribution in [1.82, 2.24) is 15.2 Å². The molecule has 0 saturated carbocycles. The molecule has 0 amide bonds. The second-order valence-electron chi connectivity index (χ2n) is 8.36. The smallest absolute Gasteiger partial charge is 0.202 e. The lowest BCUT2D eigenvalue weighted by molar-refractivity contribution is 0.238. The van der Waals surface area contributed by atoms with Crippen LogP contribution in [0.25, 0.3) is 10.9 Å². The summed E-state index contributed by atoms with van der Waals surface area (Å²) in [5.41, 5.74) is 4.26. The molecule has 2 aliphatic heterocycles. The van der Waals surface area contributed by atoms with Crippen molar-refractivity contribution in [1.29, 1.82) is 0 Å². The van der Waals surface area contributed by atoms with E-state index in [2.05, 4.69) is 55.9 Å². The number of fused-ring (bicyclic) bond motifs is 1. The number of hydrogen-bond donors (Lipinski definition) is 4. The molecule has 1 unspecified atom stereocenters. The van der Waals surface area contributed by atoms with Gasteiger partial charge in [0.2, 0.25) is 5.96 Å². The minimum atomic E-state index is -0.0521. The van der Waals surface area contributed by atoms with Gasteiger partial charge in [0, 0.05) is 41.2 Å². The molecule has 1 saturated heterocycles. The molecule has 2 aromatic carbocycles. The maximum atomic E-state index is 5.90. The van der Waals surface area contributed by atoms with Crippen molar-refractivity contribution in [2.24, 2.45) is 4.99 Å². The maximum absolute atomic E-state index is 5.90. The fraction of sp³-hybridized carbons (Fsp3) is 0.320. The molecule has 32 heavy (non-hydrogen) atoms. The molecule has 0 spiro atoms. The van der Waals surface area contributed by atoms with Gasteiger partial charge >= 0.3 is 0 Å². The topological polar surface area (TPSA) is 76.7 Å². The first-order valence-corrected chi connectivity index (χ1v) is 11.3. The molecule has 1 atom stereocenters. The zero-order valence-electron chi connectivity index (χ0n) is 18.4. The monoisotopic (exact) mass is 430 g/mol. The van der Waals surface area contributed by atoms with Crippen molar-refractivity contribution < 1.29 is 4.74 Å². The summed E-state index contributed by atoms with van der Waals surface area (Å²) in [7, 11) is 0. The van der Waals surface area contributed by atoms with Crippen molar-refractivity contribution >= 4 is 28.2 Å². The SMILES string of the molecule is CC1=CN=C(Nc2ccc(OCCN3CCCC3)cc2)NC1Nc1cccc2[nH]ccc12. The van der Waals surface area contributed by atoms with E-state index < -0.39 is 0 Å². The average molecular weight is 431 g/mol. The van der Waals surface area contributed by atoms with E-state index in [0.29, 0.717) is 5.96 Å². The molecule has 7 heteroatoms. The molecule has 3 aromatic rings. The van der Waals surface area contributed by atoms with Crippen LogP contribution in [0.2, 0.25) is 0 Å². The number of aromatic nitrogens is 1. The summed E-state index contributed by atoms with van der Waals surface area (Å²) in [6, 6.07) is 16.3. The number of rotatable bonds is 7. The van der Waals surface area contributed by atoms with Gasteiger partial charge in [-0.1, -0.05) is 6.07 Å². The van der Waals surface area contributed by atoms with Crippen LogP contribution in [0.15, 0.2) is 71.5 Å². The number of anilines is 2.